The summed E-state index contributed by atoms with van der Waals surface area (Å²) in [6.07, 6.45) is 1.95. The standard InChI is InChI=1S/C16H20N4O3/c1-9-13(10(2)20(3)19-9)15-11(6-8-23-15)18-16(22)14-12(21)5-4-7-17-14/h4-5,7,11,15,21H,6,8H2,1-3H3,(H,18,22)/t11-,15-/m1/s1. The molecule has 0 spiro atoms. The SMILES string of the molecule is Cc1nn(C)c(C)c1[C@@H]1OCC[C@H]1NC(=O)c1ncccc1O. The monoisotopic (exact) mass is 316 g/mol. The molecule has 2 aromatic heterocycles. The minimum absolute atomic E-state index is 0.0257. The lowest BCUT2D eigenvalue weighted by molar-refractivity contribution is 0.0811. The van der Waals surface area contributed by atoms with Crippen LogP contribution in [-0.2, 0) is 11.8 Å². The van der Waals surface area contributed by atoms with Gasteiger partial charge >= 0.3 is 0 Å². The normalized spacial score (nSPS) is 20.7. The fraction of sp³-hybridized carbons (Fsp3) is 0.438. The molecule has 0 bridgehead atoms. The summed E-state index contributed by atoms with van der Waals surface area (Å²) in [6.45, 7) is 4.49. The van der Waals surface area contributed by atoms with Crippen LogP contribution < -0.4 is 5.32 Å². The van der Waals surface area contributed by atoms with Crippen molar-refractivity contribution < 1.29 is 14.6 Å². The van der Waals surface area contributed by atoms with Crippen LogP contribution in [0.2, 0.25) is 0 Å². The van der Waals surface area contributed by atoms with Gasteiger partial charge in [0, 0.05) is 31.1 Å². The molecule has 0 radical (unpaired) electrons. The number of pyridine rings is 1. The molecule has 1 aliphatic rings. The second kappa shape index (κ2) is 6.00. The van der Waals surface area contributed by atoms with E-state index in [1.807, 2.05) is 25.6 Å². The molecule has 1 aliphatic heterocycles. The van der Waals surface area contributed by atoms with Gasteiger partial charge < -0.3 is 15.2 Å². The first-order valence-corrected chi connectivity index (χ1v) is 7.55. The lowest BCUT2D eigenvalue weighted by Crippen LogP contribution is -2.37. The topological polar surface area (TPSA) is 89.3 Å². The van der Waals surface area contributed by atoms with Gasteiger partial charge in [0.2, 0.25) is 0 Å². The number of amides is 1. The third-order valence-electron chi connectivity index (χ3n) is 4.26. The van der Waals surface area contributed by atoms with Crippen LogP contribution in [0.25, 0.3) is 0 Å². The summed E-state index contributed by atoms with van der Waals surface area (Å²) in [5.74, 6) is -0.531. The second-order valence-corrected chi connectivity index (χ2v) is 5.74. The number of hydrogen-bond acceptors (Lipinski definition) is 5. The zero-order chi connectivity index (χ0) is 16.6. The number of nitrogens with one attached hydrogen (secondary N) is 1. The van der Waals surface area contributed by atoms with Crippen molar-refractivity contribution >= 4 is 5.91 Å². The minimum atomic E-state index is -0.400. The highest BCUT2D eigenvalue weighted by Crippen LogP contribution is 2.33. The zero-order valence-electron chi connectivity index (χ0n) is 13.4. The lowest BCUT2D eigenvalue weighted by atomic mass is 10.00. The molecule has 2 atom stereocenters. The quantitative estimate of drug-likeness (QED) is 0.893. The van der Waals surface area contributed by atoms with Crippen molar-refractivity contribution in [3.63, 3.8) is 0 Å². The first-order chi connectivity index (χ1) is 11.0. The predicted molar refractivity (Wildman–Crippen MR) is 83.1 cm³/mol. The Bertz CT molecular complexity index is 741. The molecule has 1 saturated heterocycles. The van der Waals surface area contributed by atoms with Crippen LogP contribution in [0.15, 0.2) is 18.3 Å². The summed E-state index contributed by atoms with van der Waals surface area (Å²) in [5, 5.41) is 17.1. The number of ether oxygens (including phenoxy) is 1. The van der Waals surface area contributed by atoms with Gasteiger partial charge in [0.1, 0.15) is 11.9 Å². The van der Waals surface area contributed by atoms with Crippen LogP contribution >= 0.6 is 0 Å². The molecule has 2 aromatic rings. The van der Waals surface area contributed by atoms with E-state index in [0.29, 0.717) is 13.0 Å². The molecular weight excluding hydrogens is 296 g/mol. The molecule has 0 unspecified atom stereocenters. The number of aromatic nitrogens is 3. The fourth-order valence-electron chi connectivity index (χ4n) is 3.03. The minimum Gasteiger partial charge on any atom is -0.505 e. The van der Waals surface area contributed by atoms with Crippen molar-refractivity contribution in [3.8, 4) is 5.75 Å². The largest absolute Gasteiger partial charge is 0.505 e. The van der Waals surface area contributed by atoms with Crippen molar-refractivity contribution in [2.45, 2.75) is 32.4 Å². The van der Waals surface area contributed by atoms with Crippen LogP contribution in [0.4, 0.5) is 0 Å². The van der Waals surface area contributed by atoms with Gasteiger partial charge in [-0.3, -0.25) is 9.48 Å². The maximum Gasteiger partial charge on any atom is 0.274 e. The van der Waals surface area contributed by atoms with E-state index in [0.717, 1.165) is 17.0 Å². The number of aryl methyl sites for hydroxylation is 2. The summed E-state index contributed by atoms with van der Waals surface area (Å²) in [5.41, 5.74) is 2.96. The number of aromatic hydroxyl groups is 1. The number of carbonyl (C=O) groups excluding carboxylic acids is 1. The Balaban J connectivity index is 1.83. The third-order valence-corrected chi connectivity index (χ3v) is 4.26. The van der Waals surface area contributed by atoms with Gasteiger partial charge in [0.25, 0.3) is 5.91 Å². The van der Waals surface area contributed by atoms with E-state index < -0.39 is 5.91 Å². The molecule has 122 valence electrons. The molecule has 1 fully saturated rings. The molecule has 23 heavy (non-hydrogen) atoms. The molecule has 7 nitrogen and oxygen atoms in total. The van der Waals surface area contributed by atoms with Crippen LogP contribution in [-0.4, -0.2) is 38.4 Å². The molecule has 2 N–H and O–H groups in total. The van der Waals surface area contributed by atoms with E-state index in [-0.39, 0.29) is 23.6 Å². The summed E-state index contributed by atoms with van der Waals surface area (Å²) >= 11 is 0. The molecule has 1 amide bonds. The number of rotatable bonds is 3. The lowest BCUT2D eigenvalue weighted by Gasteiger charge is -2.20. The summed E-state index contributed by atoms with van der Waals surface area (Å²) in [7, 11) is 1.89. The van der Waals surface area contributed by atoms with Gasteiger partial charge in [-0.2, -0.15) is 5.10 Å². The third kappa shape index (κ3) is 2.79. The Hall–Kier alpha value is -2.41. The zero-order valence-corrected chi connectivity index (χ0v) is 13.4. The van der Waals surface area contributed by atoms with Crippen molar-refractivity contribution in [2.75, 3.05) is 6.61 Å². The van der Waals surface area contributed by atoms with Gasteiger partial charge in [0.05, 0.1) is 11.7 Å². The molecule has 3 heterocycles. The average Bonchev–Trinajstić information content (AvgIpc) is 3.04. The first kappa shape index (κ1) is 15.5. The highest BCUT2D eigenvalue weighted by molar-refractivity contribution is 5.95. The Morgan fingerprint density at radius 2 is 2.26 bits per heavy atom. The fourth-order valence-corrected chi connectivity index (χ4v) is 3.03. The Kier molecular flexibility index (Phi) is 4.04. The summed E-state index contributed by atoms with van der Waals surface area (Å²) in [6, 6.07) is 2.85. The van der Waals surface area contributed by atoms with Crippen molar-refractivity contribution in [3.05, 3.63) is 41.0 Å². The van der Waals surface area contributed by atoms with Gasteiger partial charge in [-0.25, -0.2) is 4.98 Å². The van der Waals surface area contributed by atoms with Gasteiger partial charge in [-0.15, -0.1) is 0 Å². The number of nitrogens with zero attached hydrogens (tertiary/aromatic N) is 3. The van der Waals surface area contributed by atoms with E-state index in [1.54, 1.807) is 6.07 Å². The van der Waals surface area contributed by atoms with Gasteiger partial charge in [-0.05, 0) is 32.4 Å². The van der Waals surface area contributed by atoms with Crippen molar-refractivity contribution in [1.82, 2.24) is 20.1 Å². The number of hydrogen-bond donors (Lipinski definition) is 2. The maximum absolute atomic E-state index is 12.4. The average molecular weight is 316 g/mol. The Morgan fingerprint density at radius 3 is 2.91 bits per heavy atom. The van der Waals surface area contributed by atoms with Crippen LogP contribution in [0, 0.1) is 13.8 Å². The molecule has 0 saturated carbocycles. The molecule has 3 rings (SSSR count). The van der Waals surface area contributed by atoms with E-state index in [1.165, 1.54) is 12.3 Å². The van der Waals surface area contributed by atoms with Crippen LogP contribution in [0.1, 0.15) is 40.0 Å². The molecule has 0 aliphatic carbocycles. The number of carbonyl (C=O) groups is 1. The van der Waals surface area contributed by atoms with Crippen LogP contribution in [0.5, 0.6) is 5.75 Å². The molecule has 7 heteroatoms. The van der Waals surface area contributed by atoms with E-state index in [9.17, 15) is 9.90 Å². The molecule has 0 aromatic carbocycles. The van der Waals surface area contributed by atoms with E-state index in [2.05, 4.69) is 15.4 Å². The van der Waals surface area contributed by atoms with E-state index >= 15 is 0 Å². The smallest absolute Gasteiger partial charge is 0.274 e. The summed E-state index contributed by atoms with van der Waals surface area (Å²) in [4.78, 5) is 16.3. The van der Waals surface area contributed by atoms with Crippen molar-refractivity contribution in [2.24, 2.45) is 7.05 Å². The Morgan fingerprint density at radius 1 is 1.48 bits per heavy atom. The van der Waals surface area contributed by atoms with Gasteiger partial charge in [-0.1, -0.05) is 0 Å². The highest BCUT2D eigenvalue weighted by Gasteiger charge is 2.35. The Labute approximate surface area is 134 Å². The highest BCUT2D eigenvalue weighted by atomic mass is 16.5. The van der Waals surface area contributed by atoms with Crippen LogP contribution in [0.3, 0.4) is 0 Å². The van der Waals surface area contributed by atoms with Crippen molar-refractivity contribution in [1.29, 1.82) is 0 Å². The second-order valence-electron chi connectivity index (χ2n) is 5.74. The molecular formula is C16H20N4O3. The summed E-state index contributed by atoms with van der Waals surface area (Å²) < 4.78 is 7.66. The first-order valence-electron chi connectivity index (χ1n) is 7.55. The van der Waals surface area contributed by atoms with Gasteiger partial charge in [0.15, 0.2) is 5.69 Å². The van der Waals surface area contributed by atoms with E-state index in [4.69, 9.17) is 4.74 Å². The predicted octanol–water partition coefficient (Wildman–Crippen LogP) is 1.40. The maximum atomic E-state index is 12.4.